The molecule has 0 saturated carbocycles. The Bertz CT molecular complexity index is 356. The van der Waals surface area contributed by atoms with E-state index >= 15 is 0 Å². The first-order chi connectivity index (χ1) is 6.15. The molecular weight excluding hydrogens is 188 g/mol. The Morgan fingerprint density at radius 3 is 2.85 bits per heavy atom. The summed E-state index contributed by atoms with van der Waals surface area (Å²) in [4.78, 5) is 11.3. The lowest BCUT2D eigenvalue weighted by atomic mass is 10.1. The van der Waals surface area contributed by atoms with Gasteiger partial charge < -0.3 is 5.11 Å². The summed E-state index contributed by atoms with van der Waals surface area (Å²) >= 11 is 5.67. The number of benzene rings is 1. The number of phenolic OH excluding ortho intramolecular Hbond substituents is 1. The van der Waals surface area contributed by atoms with Crippen molar-refractivity contribution < 1.29 is 9.90 Å². The summed E-state index contributed by atoms with van der Waals surface area (Å²) in [6, 6.07) is 4.38. The van der Waals surface area contributed by atoms with Gasteiger partial charge in [-0.15, -0.1) is 0 Å². The smallest absolute Gasteiger partial charge is 0.189 e. The normalized spacial score (nSPS) is 10.6. The molecule has 0 radical (unpaired) electrons. The Morgan fingerprint density at radius 1 is 1.54 bits per heavy atom. The van der Waals surface area contributed by atoms with E-state index in [1.807, 2.05) is 0 Å². The number of hydrogen-bond donors (Lipinski definition) is 1. The summed E-state index contributed by atoms with van der Waals surface area (Å²) in [7, 11) is 0. The van der Waals surface area contributed by atoms with Crippen LogP contribution in [-0.2, 0) is 0 Å². The van der Waals surface area contributed by atoms with Gasteiger partial charge in [-0.3, -0.25) is 4.79 Å². The number of carbonyl (C=O) groups excluding carboxylic acids is 1. The first-order valence-electron chi connectivity index (χ1n) is 3.80. The monoisotopic (exact) mass is 196 g/mol. The quantitative estimate of drug-likeness (QED) is 0.584. The number of hydrogen-bond acceptors (Lipinski definition) is 2. The molecular formula is C10H9ClO2. The summed E-state index contributed by atoms with van der Waals surface area (Å²) in [6.07, 6.45) is 2.99. The van der Waals surface area contributed by atoms with Crippen molar-refractivity contribution in [2.75, 3.05) is 0 Å². The highest BCUT2D eigenvalue weighted by molar-refractivity contribution is 6.31. The number of phenols is 1. The van der Waals surface area contributed by atoms with E-state index in [0.29, 0.717) is 5.02 Å². The largest absolute Gasteiger partial charge is 0.507 e. The maximum Gasteiger partial charge on any atom is 0.189 e. The highest BCUT2D eigenvalue weighted by Gasteiger charge is 2.07. The molecule has 1 rings (SSSR count). The Kier molecular flexibility index (Phi) is 3.09. The minimum absolute atomic E-state index is 0.0486. The first-order valence-corrected chi connectivity index (χ1v) is 4.18. The fourth-order valence-corrected chi connectivity index (χ4v) is 1.12. The van der Waals surface area contributed by atoms with E-state index < -0.39 is 0 Å². The molecule has 2 nitrogen and oxygen atoms in total. The molecule has 0 atom stereocenters. The molecule has 0 spiro atoms. The van der Waals surface area contributed by atoms with Gasteiger partial charge in [-0.2, -0.15) is 0 Å². The van der Waals surface area contributed by atoms with Crippen LogP contribution in [0, 0.1) is 0 Å². The molecule has 13 heavy (non-hydrogen) atoms. The van der Waals surface area contributed by atoms with Gasteiger partial charge >= 0.3 is 0 Å². The second-order valence-electron chi connectivity index (χ2n) is 2.53. The maximum absolute atomic E-state index is 11.3. The highest BCUT2D eigenvalue weighted by atomic mass is 35.5. The van der Waals surface area contributed by atoms with Gasteiger partial charge in [0.15, 0.2) is 5.78 Å². The Labute approximate surface area is 81.5 Å². The lowest BCUT2D eigenvalue weighted by molar-refractivity contribution is 0.104. The van der Waals surface area contributed by atoms with Crippen LogP contribution in [0.3, 0.4) is 0 Å². The van der Waals surface area contributed by atoms with Gasteiger partial charge in [0.2, 0.25) is 0 Å². The van der Waals surface area contributed by atoms with Crippen molar-refractivity contribution in [2.24, 2.45) is 0 Å². The van der Waals surface area contributed by atoms with Crippen molar-refractivity contribution in [2.45, 2.75) is 6.92 Å². The molecule has 0 aliphatic heterocycles. The molecule has 1 N–H and O–H groups in total. The fourth-order valence-electron chi connectivity index (χ4n) is 0.947. The third kappa shape index (κ3) is 2.33. The zero-order valence-corrected chi connectivity index (χ0v) is 7.88. The van der Waals surface area contributed by atoms with Crippen molar-refractivity contribution in [3.8, 4) is 5.75 Å². The topological polar surface area (TPSA) is 37.3 Å². The lowest BCUT2D eigenvalue weighted by Gasteiger charge is -2.00. The molecule has 1 aromatic carbocycles. The molecule has 0 bridgehead atoms. The molecule has 0 fully saturated rings. The number of allylic oxidation sites excluding steroid dienone is 2. The first kappa shape index (κ1) is 9.81. The van der Waals surface area contributed by atoms with Crippen molar-refractivity contribution in [1.82, 2.24) is 0 Å². The van der Waals surface area contributed by atoms with Gasteiger partial charge in [0.05, 0.1) is 5.56 Å². The van der Waals surface area contributed by atoms with Gasteiger partial charge in [-0.1, -0.05) is 17.7 Å². The minimum atomic E-state index is -0.248. The Morgan fingerprint density at radius 2 is 2.23 bits per heavy atom. The molecule has 0 aromatic heterocycles. The van der Waals surface area contributed by atoms with Crippen LogP contribution in [0.5, 0.6) is 5.75 Å². The molecule has 0 saturated heterocycles. The van der Waals surface area contributed by atoms with Crippen LogP contribution in [0.2, 0.25) is 5.02 Å². The van der Waals surface area contributed by atoms with E-state index in [9.17, 15) is 9.90 Å². The van der Waals surface area contributed by atoms with Crippen LogP contribution in [0.15, 0.2) is 30.4 Å². The third-order valence-corrected chi connectivity index (χ3v) is 1.78. The zero-order valence-electron chi connectivity index (χ0n) is 7.12. The number of halogens is 1. The van der Waals surface area contributed by atoms with Crippen molar-refractivity contribution >= 4 is 17.4 Å². The molecule has 0 aliphatic carbocycles. The van der Waals surface area contributed by atoms with Gasteiger partial charge in [0.25, 0.3) is 0 Å². The predicted molar refractivity (Wildman–Crippen MR) is 52.3 cm³/mol. The maximum atomic E-state index is 11.3. The van der Waals surface area contributed by atoms with Crippen LogP contribution in [-0.4, -0.2) is 10.9 Å². The van der Waals surface area contributed by atoms with Gasteiger partial charge in [0, 0.05) is 5.02 Å². The summed E-state index contributed by atoms with van der Waals surface area (Å²) in [5.41, 5.74) is 0.227. The Balaban J connectivity index is 3.13. The van der Waals surface area contributed by atoms with Crippen molar-refractivity contribution in [3.05, 3.63) is 40.9 Å². The SMILES string of the molecule is C/C=C/C(=O)c1cc(Cl)ccc1O. The van der Waals surface area contributed by atoms with Crippen LogP contribution < -0.4 is 0 Å². The lowest BCUT2D eigenvalue weighted by Crippen LogP contribution is -1.94. The number of ketones is 1. The van der Waals surface area contributed by atoms with E-state index in [2.05, 4.69) is 0 Å². The average molecular weight is 197 g/mol. The van der Waals surface area contributed by atoms with E-state index in [4.69, 9.17) is 11.6 Å². The standard InChI is InChI=1S/C10H9ClO2/c1-2-3-9(12)8-6-7(11)4-5-10(8)13/h2-6,13H,1H3/b3-2+. The third-order valence-electron chi connectivity index (χ3n) is 1.54. The minimum Gasteiger partial charge on any atom is -0.507 e. The molecule has 0 amide bonds. The Hall–Kier alpha value is -1.28. The highest BCUT2D eigenvalue weighted by Crippen LogP contribution is 2.21. The second kappa shape index (κ2) is 4.10. The van der Waals surface area contributed by atoms with Gasteiger partial charge in [-0.05, 0) is 31.2 Å². The van der Waals surface area contributed by atoms with E-state index in [1.54, 1.807) is 13.0 Å². The van der Waals surface area contributed by atoms with Crippen LogP contribution in [0.25, 0.3) is 0 Å². The van der Waals surface area contributed by atoms with Crippen molar-refractivity contribution in [1.29, 1.82) is 0 Å². The number of rotatable bonds is 2. The molecule has 1 aromatic rings. The number of aromatic hydroxyl groups is 1. The van der Waals surface area contributed by atoms with Crippen LogP contribution >= 0.6 is 11.6 Å². The van der Waals surface area contributed by atoms with Crippen LogP contribution in [0.1, 0.15) is 17.3 Å². The van der Waals surface area contributed by atoms with E-state index in [0.717, 1.165) is 0 Å². The molecule has 68 valence electrons. The zero-order chi connectivity index (χ0) is 9.84. The summed E-state index contributed by atoms with van der Waals surface area (Å²) < 4.78 is 0. The van der Waals surface area contributed by atoms with Gasteiger partial charge in [-0.25, -0.2) is 0 Å². The molecule has 0 unspecified atom stereocenters. The summed E-state index contributed by atoms with van der Waals surface area (Å²) in [5.74, 6) is -0.296. The molecule has 3 heteroatoms. The van der Waals surface area contributed by atoms with E-state index in [1.165, 1.54) is 24.3 Å². The van der Waals surface area contributed by atoms with E-state index in [-0.39, 0.29) is 17.1 Å². The van der Waals surface area contributed by atoms with Crippen molar-refractivity contribution in [3.63, 3.8) is 0 Å². The molecule has 0 aliphatic rings. The summed E-state index contributed by atoms with van der Waals surface area (Å²) in [6.45, 7) is 1.74. The average Bonchev–Trinajstić information content (AvgIpc) is 2.09. The predicted octanol–water partition coefficient (Wildman–Crippen LogP) is 2.80. The molecule has 0 heterocycles. The second-order valence-corrected chi connectivity index (χ2v) is 2.96. The fraction of sp³-hybridized carbons (Fsp3) is 0.100. The van der Waals surface area contributed by atoms with Gasteiger partial charge in [0.1, 0.15) is 5.75 Å². The van der Waals surface area contributed by atoms with Crippen LogP contribution in [0.4, 0.5) is 0 Å². The number of carbonyl (C=O) groups is 1. The summed E-state index contributed by atoms with van der Waals surface area (Å²) in [5, 5.41) is 9.75.